The third-order valence-electron chi connectivity index (χ3n) is 4.61. The monoisotopic (exact) mass is 333 g/mol. The highest BCUT2D eigenvalue weighted by molar-refractivity contribution is 5.70. The zero-order valence-corrected chi connectivity index (χ0v) is 14.7. The Morgan fingerprint density at radius 3 is 2.54 bits per heavy atom. The number of nitrogens with zero attached hydrogens (tertiary/aromatic N) is 1. The van der Waals surface area contributed by atoms with Crippen molar-refractivity contribution in [1.82, 2.24) is 4.90 Å². The van der Waals surface area contributed by atoms with E-state index in [1.165, 1.54) is 7.11 Å². The van der Waals surface area contributed by atoms with Crippen LogP contribution in [0.2, 0.25) is 0 Å². The molecular weight excluding hydrogens is 306 g/mol. The van der Waals surface area contributed by atoms with Crippen LogP contribution < -0.4 is 0 Å². The van der Waals surface area contributed by atoms with E-state index in [0.29, 0.717) is 18.8 Å². The SMILES string of the molecule is COC(=O)CC[C@@H]1C[C@@H](C)C[C@H](C)N1C(=O)OCc1ccccc1. The van der Waals surface area contributed by atoms with Crippen LogP contribution in [0.3, 0.4) is 0 Å². The molecular formula is C19H27NO4. The second-order valence-electron chi connectivity index (χ2n) is 6.64. The summed E-state index contributed by atoms with van der Waals surface area (Å²) >= 11 is 0. The van der Waals surface area contributed by atoms with Crippen molar-refractivity contribution < 1.29 is 19.1 Å². The average molecular weight is 333 g/mol. The lowest BCUT2D eigenvalue weighted by atomic mass is 9.86. The second-order valence-corrected chi connectivity index (χ2v) is 6.64. The number of piperidine rings is 1. The quantitative estimate of drug-likeness (QED) is 0.770. The summed E-state index contributed by atoms with van der Waals surface area (Å²) in [5, 5.41) is 0. The number of benzene rings is 1. The smallest absolute Gasteiger partial charge is 0.410 e. The van der Waals surface area contributed by atoms with Gasteiger partial charge in [0.05, 0.1) is 7.11 Å². The maximum absolute atomic E-state index is 12.6. The highest BCUT2D eigenvalue weighted by Crippen LogP contribution is 2.30. The predicted octanol–water partition coefficient (Wildman–Crippen LogP) is 3.77. The van der Waals surface area contributed by atoms with Crippen LogP contribution in [0.15, 0.2) is 30.3 Å². The summed E-state index contributed by atoms with van der Waals surface area (Å²) < 4.78 is 10.2. The number of likely N-dealkylation sites (tertiary alicyclic amines) is 1. The van der Waals surface area contributed by atoms with Crippen molar-refractivity contribution in [3.05, 3.63) is 35.9 Å². The van der Waals surface area contributed by atoms with Crippen molar-refractivity contribution >= 4 is 12.1 Å². The van der Waals surface area contributed by atoms with Gasteiger partial charge in [0.25, 0.3) is 0 Å². The van der Waals surface area contributed by atoms with E-state index in [1.54, 1.807) is 0 Å². The molecule has 3 atom stereocenters. The summed E-state index contributed by atoms with van der Waals surface area (Å²) in [6, 6.07) is 9.78. The maximum Gasteiger partial charge on any atom is 0.410 e. The Morgan fingerprint density at radius 2 is 1.88 bits per heavy atom. The largest absolute Gasteiger partial charge is 0.469 e. The molecule has 1 saturated heterocycles. The molecule has 0 aromatic heterocycles. The first-order chi connectivity index (χ1) is 11.5. The van der Waals surface area contributed by atoms with Gasteiger partial charge in [-0.3, -0.25) is 4.79 Å². The fourth-order valence-corrected chi connectivity index (χ4v) is 3.50. The van der Waals surface area contributed by atoms with Crippen molar-refractivity contribution in [3.8, 4) is 0 Å². The highest BCUT2D eigenvalue weighted by Gasteiger charge is 2.35. The van der Waals surface area contributed by atoms with Crippen molar-refractivity contribution in [1.29, 1.82) is 0 Å². The van der Waals surface area contributed by atoms with E-state index >= 15 is 0 Å². The van der Waals surface area contributed by atoms with Gasteiger partial charge in [-0.05, 0) is 37.7 Å². The van der Waals surface area contributed by atoms with Gasteiger partial charge >= 0.3 is 12.1 Å². The van der Waals surface area contributed by atoms with E-state index in [9.17, 15) is 9.59 Å². The molecule has 0 bridgehead atoms. The number of hydrogen-bond acceptors (Lipinski definition) is 4. The van der Waals surface area contributed by atoms with Gasteiger partial charge in [-0.1, -0.05) is 37.3 Å². The van der Waals surface area contributed by atoms with Crippen LogP contribution in [0.4, 0.5) is 4.79 Å². The van der Waals surface area contributed by atoms with Crippen LogP contribution >= 0.6 is 0 Å². The Balaban J connectivity index is 1.98. The molecule has 1 aromatic rings. The Labute approximate surface area is 143 Å². The number of esters is 1. The summed E-state index contributed by atoms with van der Waals surface area (Å²) in [5.41, 5.74) is 0.968. The standard InChI is InChI=1S/C19H27NO4/c1-14-11-15(2)20(17(12-14)9-10-18(21)23-3)19(22)24-13-16-7-5-4-6-8-16/h4-8,14-15,17H,9-13H2,1-3H3/t14-,15-,17+/m0/s1. The van der Waals surface area contributed by atoms with E-state index in [2.05, 4.69) is 6.92 Å². The molecule has 0 unspecified atom stereocenters. The first-order valence-corrected chi connectivity index (χ1v) is 8.57. The number of carbonyl (C=O) groups is 2. The Hall–Kier alpha value is -2.04. The van der Waals surface area contributed by atoms with Crippen molar-refractivity contribution in [2.45, 2.75) is 58.2 Å². The van der Waals surface area contributed by atoms with Gasteiger partial charge in [0.15, 0.2) is 0 Å². The topological polar surface area (TPSA) is 55.8 Å². The van der Waals surface area contributed by atoms with Gasteiger partial charge in [0, 0.05) is 18.5 Å². The van der Waals surface area contributed by atoms with Gasteiger partial charge in [-0.2, -0.15) is 0 Å². The van der Waals surface area contributed by atoms with E-state index < -0.39 is 0 Å². The maximum atomic E-state index is 12.6. The number of methoxy groups -OCH3 is 1. The first kappa shape index (κ1) is 18.3. The molecule has 1 aliphatic rings. The third kappa shape index (κ3) is 4.98. The Morgan fingerprint density at radius 1 is 1.17 bits per heavy atom. The number of hydrogen-bond donors (Lipinski definition) is 0. The van der Waals surface area contributed by atoms with Gasteiger partial charge in [-0.15, -0.1) is 0 Å². The molecule has 0 radical (unpaired) electrons. The summed E-state index contributed by atoms with van der Waals surface area (Å²) in [4.78, 5) is 25.9. The molecule has 1 aliphatic heterocycles. The molecule has 24 heavy (non-hydrogen) atoms. The summed E-state index contributed by atoms with van der Waals surface area (Å²) in [6.45, 7) is 4.50. The molecule has 0 spiro atoms. The van der Waals surface area contributed by atoms with Crippen LogP contribution in [0.5, 0.6) is 0 Å². The normalized spacial score (nSPS) is 23.6. The minimum atomic E-state index is -0.298. The molecule has 5 heteroatoms. The third-order valence-corrected chi connectivity index (χ3v) is 4.61. The van der Waals surface area contributed by atoms with Crippen LogP contribution in [0.1, 0.15) is 45.1 Å². The van der Waals surface area contributed by atoms with E-state index in [1.807, 2.05) is 42.2 Å². The molecule has 1 fully saturated rings. The molecule has 0 saturated carbocycles. The second kappa shape index (κ2) is 8.71. The molecule has 5 nitrogen and oxygen atoms in total. The van der Waals surface area contributed by atoms with Crippen LogP contribution in [0.25, 0.3) is 0 Å². The minimum absolute atomic E-state index is 0.0196. The molecule has 0 N–H and O–H groups in total. The molecule has 0 aliphatic carbocycles. The lowest BCUT2D eigenvalue weighted by Gasteiger charge is -2.42. The van der Waals surface area contributed by atoms with Crippen molar-refractivity contribution in [3.63, 3.8) is 0 Å². The summed E-state index contributed by atoms with van der Waals surface area (Å²) in [7, 11) is 1.39. The highest BCUT2D eigenvalue weighted by atomic mass is 16.6. The van der Waals surface area contributed by atoms with Gasteiger partial charge in [0.2, 0.25) is 0 Å². The lowest BCUT2D eigenvalue weighted by Crippen LogP contribution is -2.51. The fraction of sp³-hybridized carbons (Fsp3) is 0.579. The number of ether oxygens (including phenoxy) is 2. The van der Waals surface area contributed by atoms with E-state index in [4.69, 9.17) is 9.47 Å². The average Bonchev–Trinajstić information content (AvgIpc) is 2.58. The number of rotatable bonds is 5. The lowest BCUT2D eigenvalue weighted by molar-refractivity contribution is -0.141. The van der Waals surface area contributed by atoms with Gasteiger partial charge in [-0.25, -0.2) is 4.79 Å². The molecule has 1 heterocycles. The zero-order valence-electron chi connectivity index (χ0n) is 14.7. The first-order valence-electron chi connectivity index (χ1n) is 8.57. The zero-order chi connectivity index (χ0) is 17.5. The van der Waals surface area contributed by atoms with E-state index in [-0.39, 0.29) is 30.8 Å². The summed E-state index contributed by atoms with van der Waals surface area (Å²) in [6.07, 6.45) is 2.48. The molecule has 1 aromatic carbocycles. The number of amides is 1. The van der Waals surface area contributed by atoms with Gasteiger partial charge in [0.1, 0.15) is 6.61 Å². The molecule has 132 valence electrons. The van der Waals surface area contributed by atoms with Crippen LogP contribution in [-0.2, 0) is 20.9 Å². The summed E-state index contributed by atoms with van der Waals surface area (Å²) in [5.74, 6) is 0.291. The predicted molar refractivity (Wildman–Crippen MR) is 91.4 cm³/mol. The minimum Gasteiger partial charge on any atom is -0.469 e. The fourth-order valence-electron chi connectivity index (χ4n) is 3.50. The van der Waals surface area contributed by atoms with E-state index in [0.717, 1.165) is 18.4 Å². The molecule has 1 amide bonds. The molecule has 2 rings (SSSR count). The number of carbonyl (C=O) groups excluding carboxylic acids is 2. The van der Waals surface area contributed by atoms with Gasteiger partial charge < -0.3 is 14.4 Å². The Bertz CT molecular complexity index is 546. The van der Waals surface area contributed by atoms with Crippen LogP contribution in [0, 0.1) is 5.92 Å². The Kier molecular flexibility index (Phi) is 6.64. The van der Waals surface area contributed by atoms with Crippen LogP contribution in [-0.4, -0.2) is 36.2 Å². The van der Waals surface area contributed by atoms with Crippen molar-refractivity contribution in [2.24, 2.45) is 5.92 Å². The van der Waals surface area contributed by atoms with Crippen molar-refractivity contribution in [2.75, 3.05) is 7.11 Å².